The Morgan fingerprint density at radius 1 is 1.24 bits per heavy atom. The molecule has 6 nitrogen and oxygen atoms in total. The summed E-state index contributed by atoms with van der Waals surface area (Å²) >= 11 is 0. The van der Waals surface area contributed by atoms with Gasteiger partial charge in [0.1, 0.15) is 0 Å². The standard InChI is InChI=1S/C11H21N3O3/c1-10(15)12-5-3-4-11(16)13-6-8-14(17-2)9-7-13/h3-9H2,1-2H3,(H,12,15). The minimum Gasteiger partial charge on any atom is -0.356 e. The molecule has 98 valence electrons. The maximum atomic E-state index is 11.8. The molecule has 1 rings (SSSR count). The van der Waals surface area contributed by atoms with Crippen LogP contribution in [0.5, 0.6) is 0 Å². The minimum absolute atomic E-state index is 0.0499. The maximum Gasteiger partial charge on any atom is 0.222 e. The molecule has 6 heteroatoms. The smallest absolute Gasteiger partial charge is 0.222 e. The molecular weight excluding hydrogens is 222 g/mol. The van der Waals surface area contributed by atoms with Crippen LogP contribution in [0.1, 0.15) is 19.8 Å². The molecule has 17 heavy (non-hydrogen) atoms. The summed E-state index contributed by atoms with van der Waals surface area (Å²) in [6.07, 6.45) is 1.19. The maximum absolute atomic E-state index is 11.8. The summed E-state index contributed by atoms with van der Waals surface area (Å²) in [5, 5.41) is 4.53. The van der Waals surface area contributed by atoms with Crippen molar-refractivity contribution in [1.82, 2.24) is 15.3 Å². The van der Waals surface area contributed by atoms with E-state index >= 15 is 0 Å². The summed E-state index contributed by atoms with van der Waals surface area (Å²) in [4.78, 5) is 29.4. The number of carbonyl (C=O) groups excluding carboxylic acids is 2. The molecule has 0 aliphatic carbocycles. The lowest BCUT2D eigenvalue weighted by molar-refractivity contribution is -0.161. The molecule has 0 aromatic rings. The van der Waals surface area contributed by atoms with Crippen LogP contribution in [-0.2, 0) is 14.4 Å². The van der Waals surface area contributed by atoms with E-state index in [9.17, 15) is 9.59 Å². The molecule has 0 radical (unpaired) electrons. The molecule has 0 unspecified atom stereocenters. The highest BCUT2D eigenvalue weighted by Gasteiger charge is 2.20. The summed E-state index contributed by atoms with van der Waals surface area (Å²) < 4.78 is 0. The first-order chi connectivity index (χ1) is 8.13. The fraction of sp³-hybridized carbons (Fsp3) is 0.818. The minimum atomic E-state index is -0.0499. The Labute approximate surface area is 102 Å². The number of nitrogens with zero attached hydrogens (tertiary/aromatic N) is 2. The largest absolute Gasteiger partial charge is 0.356 e. The van der Waals surface area contributed by atoms with E-state index in [2.05, 4.69) is 5.32 Å². The molecule has 1 saturated heterocycles. The van der Waals surface area contributed by atoms with Crippen molar-refractivity contribution >= 4 is 11.8 Å². The van der Waals surface area contributed by atoms with Crippen LogP contribution in [-0.4, -0.2) is 61.6 Å². The lowest BCUT2D eigenvalue weighted by atomic mass is 10.2. The average molecular weight is 243 g/mol. The first kappa shape index (κ1) is 13.9. The van der Waals surface area contributed by atoms with E-state index in [1.54, 1.807) is 7.11 Å². The quantitative estimate of drug-likeness (QED) is 0.668. The van der Waals surface area contributed by atoms with E-state index in [4.69, 9.17) is 4.84 Å². The third-order valence-electron chi connectivity index (χ3n) is 2.79. The zero-order valence-corrected chi connectivity index (χ0v) is 10.6. The zero-order chi connectivity index (χ0) is 12.7. The van der Waals surface area contributed by atoms with Crippen molar-refractivity contribution < 1.29 is 14.4 Å². The third-order valence-corrected chi connectivity index (χ3v) is 2.79. The monoisotopic (exact) mass is 243 g/mol. The van der Waals surface area contributed by atoms with Crippen molar-refractivity contribution in [3.8, 4) is 0 Å². The van der Waals surface area contributed by atoms with Crippen LogP contribution in [0.15, 0.2) is 0 Å². The van der Waals surface area contributed by atoms with Crippen LogP contribution in [0.2, 0.25) is 0 Å². The van der Waals surface area contributed by atoms with Crippen molar-refractivity contribution in [3.05, 3.63) is 0 Å². The summed E-state index contributed by atoms with van der Waals surface area (Å²) in [5.41, 5.74) is 0. The first-order valence-electron chi connectivity index (χ1n) is 5.94. The second-order valence-electron chi connectivity index (χ2n) is 4.08. The van der Waals surface area contributed by atoms with Crippen LogP contribution in [0.4, 0.5) is 0 Å². The summed E-state index contributed by atoms with van der Waals surface area (Å²) in [6.45, 7) is 4.99. The van der Waals surface area contributed by atoms with Gasteiger partial charge < -0.3 is 15.1 Å². The van der Waals surface area contributed by atoms with Gasteiger partial charge in [-0.25, -0.2) is 0 Å². The van der Waals surface area contributed by atoms with Gasteiger partial charge in [0.05, 0.1) is 7.11 Å². The van der Waals surface area contributed by atoms with Gasteiger partial charge in [-0.1, -0.05) is 0 Å². The molecule has 0 spiro atoms. The summed E-state index contributed by atoms with van der Waals surface area (Å²) in [6, 6.07) is 0. The lowest BCUT2D eigenvalue weighted by Gasteiger charge is -2.33. The van der Waals surface area contributed by atoms with Crippen LogP contribution in [0.3, 0.4) is 0 Å². The molecule has 0 aromatic carbocycles. The highest BCUT2D eigenvalue weighted by atomic mass is 16.7. The van der Waals surface area contributed by atoms with Gasteiger partial charge in [0.25, 0.3) is 0 Å². The van der Waals surface area contributed by atoms with Crippen molar-refractivity contribution in [2.24, 2.45) is 0 Å². The van der Waals surface area contributed by atoms with Gasteiger partial charge in [-0.2, -0.15) is 5.06 Å². The number of carbonyl (C=O) groups is 2. The van der Waals surface area contributed by atoms with Gasteiger partial charge in [0.2, 0.25) is 11.8 Å². The predicted molar refractivity (Wildman–Crippen MR) is 63.1 cm³/mol. The van der Waals surface area contributed by atoms with Gasteiger partial charge >= 0.3 is 0 Å². The van der Waals surface area contributed by atoms with Crippen molar-refractivity contribution in [3.63, 3.8) is 0 Å². The molecule has 1 N–H and O–H groups in total. The Bertz CT molecular complexity index is 263. The fourth-order valence-corrected chi connectivity index (χ4v) is 1.78. The van der Waals surface area contributed by atoms with Gasteiger partial charge in [-0.15, -0.1) is 0 Å². The Morgan fingerprint density at radius 2 is 1.88 bits per heavy atom. The molecule has 1 heterocycles. The normalized spacial score (nSPS) is 16.9. The molecule has 0 saturated carbocycles. The molecule has 1 fully saturated rings. The number of amides is 2. The molecule has 0 aromatic heterocycles. The number of rotatable bonds is 5. The second kappa shape index (κ2) is 7.24. The van der Waals surface area contributed by atoms with E-state index in [0.717, 1.165) is 13.1 Å². The highest BCUT2D eigenvalue weighted by molar-refractivity contribution is 5.76. The third kappa shape index (κ3) is 5.14. The number of nitrogens with one attached hydrogen (secondary N) is 1. The lowest BCUT2D eigenvalue weighted by Crippen LogP contribution is -2.48. The number of hydrogen-bond acceptors (Lipinski definition) is 4. The van der Waals surface area contributed by atoms with E-state index in [0.29, 0.717) is 32.5 Å². The Hall–Kier alpha value is -1.14. The van der Waals surface area contributed by atoms with Gasteiger partial charge in [-0.3, -0.25) is 9.59 Å². The van der Waals surface area contributed by atoms with Crippen LogP contribution in [0.25, 0.3) is 0 Å². The van der Waals surface area contributed by atoms with Crippen molar-refractivity contribution in [1.29, 1.82) is 0 Å². The van der Waals surface area contributed by atoms with Gasteiger partial charge in [-0.05, 0) is 6.42 Å². The van der Waals surface area contributed by atoms with Crippen LogP contribution < -0.4 is 5.32 Å². The number of hydrogen-bond donors (Lipinski definition) is 1. The second-order valence-corrected chi connectivity index (χ2v) is 4.08. The highest BCUT2D eigenvalue weighted by Crippen LogP contribution is 2.04. The predicted octanol–water partition coefficient (Wildman–Crippen LogP) is -0.392. The molecule has 1 aliphatic rings. The van der Waals surface area contributed by atoms with Crippen LogP contribution in [0, 0.1) is 0 Å². The Balaban J connectivity index is 2.14. The van der Waals surface area contributed by atoms with Crippen molar-refractivity contribution in [2.75, 3.05) is 39.8 Å². The topological polar surface area (TPSA) is 61.9 Å². The fourth-order valence-electron chi connectivity index (χ4n) is 1.78. The van der Waals surface area contributed by atoms with Crippen LogP contribution >= 0.6 is 0 Å². The molecule has 1 aliphatic heterocycles. The SMILES string of the molecule is CON1CCN(C(=O)CCCNC(C)=O)CC1. The van der Waals surface area contributed by atoms with E-state index < -0.39 is 0 Å². The van der Waals surface area contributed by atoms with E-state index in [1.165, 1.54) is 6.92 Å². The summed E-state index contributed by atoms with van der Waals surface area (Å²) in [5.74, 6) is 0.109. The first-order valence-corrected chi connectivity index (χ1v) is 5.94. The van der Waals surface area contributed by atoms with E-state index in [-0.39, 0.29) is 11.8 Å². The Kier molecular flexibility index (Phi) is 5.93. The molecule has 0 bridgehead atoms. The zero-order valence-electron chi connectivity index (χ0n) is 10.6. The average Bonchev–Trinajstić information content (AvgIpc) is 2.34. The van der Waals surface area contributed by atoms with E-state index in [1.807, 2.05) is 9.96 Å². The van der Waals surface area contributed by atoms with Crippen molar-refractivity contribution in [2.45, 2.75) is 19.8 Å². The molecule has 2 amide bonds. The molecular formula is C11H21N3O3. The number of piperazine rings is 1. The molecule has 0 atom stereocenters. The van der Waals surface area contributed by atoms with Gasteiger partial charge in [0, 0.05) is 46.1 Å². The number of hydroxylamine groups is 2. The van der Waals surface area contributed by atoms with Gasteiger partial charge in [0.15, 0.2) is 0 Å². The summed E-state index contributed by atoms with van der Waals surface area (Å²) in [7, 11) is 1.64. The Morgan fingerprint density at radius 3 is 2.41 bits per heavy atom.